The van der Waals surface area contributed by atoms with Crippen LogP contribution in [0.4, 0.5) is 4.79 Å². The Balaban J connectivity index is 1.88. The summed E-state index contributed by atoms with van der Waals surface area (Å²) in [5.41, 5.74) is 1.80. The monoisotopic (exact) mass is 259 g/mol. The van der Waals surface area contributed by atoms with Gasteiger partial charge in [-0.25, -0.2) is 4.79 Å². The van der Waals surface area contributed by atoms with Crippen molar-refractivity contribution in [1.82, 2.24) is 10.3 Å². The summed E-state index contributed by atoms with van der Waals surface area (Å²) < 4.78 is 5.18. The molecule has 1 radical (unpaired) electrons. The van der Waals surface area contributed by atoms with E-state index < -0.39 is 5.60 Å². The molecule has 1 aromatic heterocycles. The molecule has 0 bridgehead atoms. The SMILES string of the molecule is CC(C)(C)OC(=O)NCCc1c[nH]c2cc[c]cc12. The highest BCUT2D eigenvalue weighted by atomic mass is 16.6. The molecule has 0 saturated heterocycles. The number of rotatable bonds is 3. The third-order valence-electron chi connectivity index (χ3n) is 2.67. The highest BCUT2D eigenvalue weighted by Gasteiger charge is 2.15. The Morgan fingerprint density at radius 1 is 1.47 bits per heavy atom. The van der Waals surface area contributed by atoms with Gasteiger partial charge in [0.2, 0.25) is 0 Å². The van der Waals surface area contributed by atoms with Crippen LogP contribution in [0, 0.1) is 6.07 Å². The van der Waals surface area contributed by atoms with Crippen molar-refractivity contribution in [3.63, 3.8) is 0 Å². The summed E-state index contributed by atoms with van der Waals surface area (Å²) in [5, 5.41) is 3.90. The van der Waals surface area contributed by atoms with Gasteiger partial charge in [-0.05, 0) is 51.0 Å². The van der Waals surface area contributed by atoms with Crippen LogP contribution in [-0.2, 0) is 11.2 Å². The Morgan fingerprint density at radius 3 is 3.00 bits per heavy atom. The smallest absolute Gasteiger partial charge is 0.407 e. The van der Waals surface area contributed by atoms with E-state index in [0.29, 0.717) is 6.54 Å². The first-order valence-electron chi connectivity index (χ1n) is 6.38. The van der Waals surface area contributed by atoms with Gasteiger partial charge in [-0.1, -0.05) is 6.07 Å². The topological polar surface area (TPSA) is 54.1 Å². The van der Waals surface area contributed by atoms with Crippen LogP contribution in [0.1, 0.15) is 26.3 Å². The Kier molecular flexibility index (Phi) is 3.79. The highest BCUT2D eigenvalue weighted by Crippen LogP contribution is 2.17. The number of nitrogens with one attached hydrogen (secondary N) is 2. The minimum absolute atomic E-state index is 0.376. The molecule has 1 amide bonds. The summed E-state index contributed by atoms with van der Waals surface area (Å²) in [6.45, 7) is 6.10. The van der Waals surface area contributed by atoms with Crippen LogP contribution in [0.3, 0.4) is 0 Å². The van der Waals surface area contributed by atoms with Gasteiger partial charge in [0, 0.05) is 23.6 Å². The van der Waals surface area contributed by atoms with Crippen LogP contribution in [-0.4, -0.2) is 23.2 Å². The molecule has 2 rings (SSSR count). The van der Waals surface area contributed by atoms with Crippen molar-refractivity contribution in [1.29, 1.82) is 0 Å². The second kappa shape index (κ2) is 5.34. The van der Waals surface area contributed by atoms with Gasteiger partial charge < -0.3 is 15.0 Å². The second-order valence-corrected chi connectivity index (χ2v) is 5.46. The van der Waals surface area contributed by atoms with Crippen LogP contribution in [0.15, 0.2) is 24.4 Å². The third-order valence-corrected chi connectivity index (χ3v) is 2.67. The van der Waals surface area contributed by atoms with E-state index >= 15 is 0 Å². The molecule has 0 aliphatic rings. The lowest BCUT2D eigenvalue weighted by Gasteiger charge is -2.19. The van der Waals surface area contributed by atoms with Crippen molar-refractivity contribution in [3.05, 3.63) is 36.0 Å². The van der Waals surface area contributed by atoms with E-state index in [2.05, 4.69) is 16.4 Å². The number of hydrogen-bond donors (Lipinski definition) is 2. The van der Waals surface area contributed by atoms with Crippen LogP contribution < -0.4 is 5.32 Å². The van der Waals surface area contributed by atoms with Crippen molar-refractivity contribution in [3.8, 4) is 0 Å². The van der Waals surface area contributed by atoms with Gasteiger partial charge in [0.25, 0.3) is 0 Å². The zero-order valence-corrected chi connectivity index (χ0v) is 11.5. The first-order valence-corrected chi connectivity index (χ1v) is 6.38. The molecule has 4 heteroatoms. The summed E-state index contributed by atoms with van der Waals surface area (Å²) in [7, 11) is 0. The van der Waals surface area contributed by atoms with E-state index in [0.717, 1.165) is 17.3 Å². The summed E-state index contributed by atoms with van der Waals surface area (Å²) in [6.07, 6.45) is 2.35. The van der Waals surface area contributed by atoms with Crippen molar-refractivity contribution in [2.24, 2.45) is 0 Å². The highest BCUT2D eigenvalue weighted by molar-refractivity contribution is 5.82. The predicted octanol–water partition coefficient (Wildman–Crippen LogP) is 3.04. The van der Waals surface area contributed by atoms with E-state index in [1.807, 2.05) is 45.2 Å². The lowest BCUT2D eigenvalue weighted by atomic mass is 10.1. The van der Waals surface area contributed by atoms with Gasteiger partial charge in [0.15, 0.2) is 0 Å². The van der Waals surface area contributed by atoms with E-state index in [4.69, 9.17) is 4.74 Å². The number of carbonyl (C=O) groups excluding carboxylic acids is 1. The Hall–Kier alpha value is -1.97. The standard InChI is InChI=1S/C15H19N2O2/c1-15(2,3)19-14(18)16-9-8-11-10-17-13-7-5-4-6-12(11)13/h5-7,10,17H,8-9H2,1-3H3,(H,16,18). The summed E-state index contributed by atoms with van der Waals surface area (Å²) in [5.74, 6) is 0. The maximum Gasteiger partial charge on any atom is 0.407 e. The van der Waals surface area contributed by atoms with E-state index in [1.54, 1.807) is 0 Å². The van der Waals surface area contributed by atoms with Gasteiger partial charge in [-0.2, -0.15) is 0 Å². The average molecular weight is 259 g/mol. The molecule has 4 nitrogen and oxygen atoms in total. The lowest BCUT2D eigenvalue weighted by molar-refractivity contribution is 0.0528. The second-order valence-electron chi connectivity index (χ2n) is 5.46. The van der Waals surface area contributed by atoms with Gasteiger partial charge in [-0.15, -0.1) is 0 Å². The Labute approximate surface area is 113 Å². The number of fused-ring (bicyclic) bond motifs is 1. The van der Waals surface area contributed by atoms with Crippen LogP contribution in [0.25, 0.3) is 10.9 Å². The molecule has 0 aliphatic carbocycles. The van der Waals surface area contributed by atoms with Crippen LogP contribution >= 0.6 is 0 Å². The molecule has 0 saturated carbocycles. The fourth-order valence-corrected chi connectivity index (χ4v) is 1.88. The number of aromatic amines is 1. The number of aromatic nitrogens is 1. The van der Waals surface area contributed by atoms with Crippen LogP contribution in [0.5, 0.6) is 0 Å². The maximum atomic E-state index is 11.5. The zero-order chi connectivity index (χ0) is 13.9. The van der Waals surface area contributed by atoms with Gasteiger partial charge in [-0.3, -0.25) is 0 Å². The fraction of sp³-hybridized carbons (Fsp3) is 0.400. The molecule has 2 N–H and O–H groups in total. The van der Waals surface area contributed by atoms with Crippen molar-refractivity contribution in [2.75, 3.05) is 6.54 Å². The minimum Gasteiger partial charge on any atom is -0.444 e. The molecule has 0 spiro atoms. The predicted molar refractivity (Wildman–Crippen MR) is 75.1 cm³/mol. The number of amides is 1. The van der Waals surface area contributed by atoms with E-state index in [9.17, 15) is 4.79 Å². The molecule has 101 valence electrons. The Morgan fingerprint density at radius 2 is 2.26 bits per heavy atom. The maximum absolute atomic E-state index is 11.5. The molecule has 19 heavy (non-hydrogen) atoms. The number of alkyl carbamates (subject to hydrolysis) is 1. The average Bonchev–Trinajstić information content (AvgIpc) is 2.70. The van der Waals surface area contributed by atoms with Gasteiger partial charge in [0.05, 0.1) is 0 Å². The number of benzene rings is 1. The molecule has 2 aromatic rings. The molecular weight excluding hydrogens is 240 g/mol. The van der Waals surface area contributed by atoms with Crippen LogP contribution in [0.2, 0.25) is 0 Å². The molecule has 0 fully saturated rings. The molecular formula is C15H19N2O2. The lowest BCUT2D eigenvalue weighted by Crippen LogP contribution is -2.33. The van der Waals surface area contributed by atoms with Crippen molar-refractivity contribution >= 4 is 17.0 Å². The number of carbonyl (C=O) groups is 1. The number of H-pyrrole nitrogens is 1. The first kappa shape index (κ1) is 13.5. The fourth-order valence-electron chi connectivity index (χ4n) is 1.88. The minimum atomic E-state index is -0.459. The molecule has 1 heterocycles. The third kappa shape index (κ3) is 3.74. The van der Waals surface area contributed by atoms with Gasteiger partial charge >= 0.3 is 6.09 Å². The number of ether oxygens (including phenoxy) is 1. The van der Waals surface area contributed by atoms with E-state index in [-0.39, 0.29) is 6.09 Å². The number of hydrogen-bond acceptors (Lipinski definition) is 2. The molecule has 0 unspecified atom stereocenters. The zero-order valence-electron chi connectivity index (χ0n) is 11.5. The van der Waals surface area contributed by atoms with Crippen molar-refractivity contribution < 1.29 is 9.53 Å². The van der Waals surface area contributed by atoms with E-state index in [1.165, 1.54) is 5.56 Å². The normalized spacial score (nSPS) is 11.5. The molecule has 0 atom stereocenters. The van der Waals surface area contributed by atoms with Crippen molar-refractivity contribution in [2.45, 2.75) is 32.8 Å². The largest absolute Gasteiger partial charge is 0.444 e. The summed E-state index contributed by atoms with van der Waals surface area (Å²) >= 11 is 0. The quantitative estimate of drug-likeness (QED) is 0.890. The Bertz CT molecular complexity index is 567. The molecule has 1 aromatic carbocycles. The first-order chi connectivity index (χ1) is 8.96. The summed E-state index contributed by atoms with van der Waals surface area (Å²) in [4.78, 5) is 14.7. The summed E-state index contributed by atoms with van der Waals surface area (Å²) in [6, 6.07) is 8.88. The van der Waals surface area contributed by atoms with Gasteiger partial charge in [0.1, 0.15) is 5.60 Å². The molecule has 0 aliphatic heterocycles.